The second-order valence-electron chi connectivity index (χ2n) is 6.16. The quantitative estimate of drug-likeness (QED) is 0.620. The van der Waals surface area contributed by atoms with Gasteiger partial charge in [-0.1, -0.05) is 20.8 Å². The van der Waals surface area contributed by atoms with Gasteiger partial charge in [0.25, 0.3) is 5.69 Å². The maximum Gasteiger partial charge on any atom is 0.305 e. The fourth-order valence-corrected chi connectivity index (χ4v) is 2.12. The molecule has 1 unspecified atom stereocenters. The van der Waals surface area contributed by atoms with Crippen LogP contribution in [0.3, 0.4) is 0 Å². The van der Waals surface area contributed by atoms with E-state index in [4.69, 9.17) is 5.11 Å². The van der Waals surface area contributed by atoms with Crippen LogP contribution in [0.1, 0.15) is 33.6 Å². The average Bonchev–Trinajstić information content (AvgIpc) is 2.24. The summed E-state index contributed by atoms with van der Waals surface area (Å²) >= 11 is 0. The summed E-state index contributed by atoms with van der Waals surface area (Å²) in [6.07, 6.45) is 0.380. The molecular weight excluding hydrogens is 279 g/mol. The monoisotopic (exact) mass is 298 g/mol. The van der Waals surface area contributed by atoms with E-state index in [1.165, 1.54) is 6.07 Å². The minimum Gasteiger partial charge on any atom is -0.481 e. The van der Waals surface area contributed by atoms with Crippen LogP contribution in [0.25, 0.3) is 0 Å². The van der Waals surface area contributed by atoms with Gasteiger partial charge in [0.15, 0.2) is 0 Å². The highest BCUT2D eigenvalue weighted by Gasteiger charge is 2.22. The van der Waals surface area contributed by atoms with E-state index >= 15 is 0 Å². The van der Waals surface area contributed by atoms with Crippen molar-refractivity contribution in [1.29, 1.82) is 0 Å². The van der Waals surface area contributed by atoms with Crippen LogP contribution in [0.15, 0.2) is 18.2 Å². The third-order valence-corrected chi connectivity index (χ3v) is 2.74. The molecule has 21 heavy (non-hydrogen) atoms. The molecule has 7 heteroatoms. The molecule has 0 heterocycles. The SMILES string of the molecule is CC(C)(C)CC(CC(=O)O)Nc1cc(F)cc([N+](=O)[O-])c1. The molecule has 0 aromatic heterocycles. The molecule has 2 N–H and O–H groups in total. The minimum atomic E-state index is -0.984. The zero-order valence-electron chi connectivity index (χ0n) is 12.2. The molecule has 0 saturated heterocycles. The Morgan fingerprint density at radius 3 is 2.52 bits per heavy atom. The van der Waals surface area contributed by atoms with Crippen molar-refractivity contribution in [2.45, 2.75) is 39.7 Å². The number of benzene rings is 1. The Labute approximate surface area is 122 Å². The number of anilines is 1. The average molecular weight is 298 g/mol. The Kier molecular flexibility index (Phi) is 5.23. The molecule has 0 radical (unpaired) electrons. The summed E-state index contributed by atoms with van der Waals surface area (Å²) in [5.74, 6) is -1.72. The van der Waals surface area contributed by atoms with Crippen LogP contribution in [0, 0.1) is 21.3 Å². The van der Waals surface area contributed by atoms with Gasteiger partial charge in [-0.05, 0) is 17.9 Å². The van der Waals surface area contributed by atoms with Crippen molar-refractivity contribution in [3.05, 3.63) is 34.1 Å². The molecule has 1 atom stereocenters. The van der Waals surface area contributed by atoms with Crippen molar-refractivity contribution in [3.8, 4) is 0 Å². The number of rotatable bonds is 6. The lowest BCUT2D eigenvalue weighted by atomic mass is 9.87. The molecule has 116 valence electrons. The van der Waals surface area contributed by atoms with E-state index in [-0.39, 0.29) is 23.2 Å². The summed E-state index contributed by atoms with van der Waals surface area (Å²) in [5, 5.41) is 22.5. The second-order valence-corrected chi connectivity index (χ2v) is 6.16. The number of non-ortho nitro benzene ring substituents is 1. The van der Waals surface area contributed by atoms with Gasteiger partial charge in [0, 0.05) is 17.8 Å². The van der Waals surface area contributed by atoms with Crippen LogP contribution in [0.4, 0.5) is 15.8 Å². The Morgan fingerprint density at radius 1 is 1.43 bits per heavy atom. The summed E-state index contributed by atoms with van der Waals surface area (Å²) in [6, 6.07) is 2.69. The molecule has 0 aliphatic heterocycles. The zero-order valence-corrected chi connectivity index (χ0v) is 12.2. The van der Waals surface area contributed by atoms with Gasteiger partial charge in [0.1, 0.15) is 5.82 Å². The molecule has 0 bridgehead atoms. The Bertz CT molecular complexity index is 540. The maximum atomic E-state index is 13.4. The molecule has 0 aliphatic carbocycles. The number of nitrogens with zero attached hydrogens (tertiary/aromatic N) is 1. The van der Waals surface area contributed by atoms with Gasteiger partial charge in [-0.3, -0.25) is 14.9 Å². The van der Waals surface area contributed by atoms with Crippen LogP contribution in [0.5, 0.6) is 0 Å². The van der Waals surface area contributed by atoms with Crippen molar-refractivity contribution in [3.63, 3.8) is 0 Å². The van der Waals surface area contributed by atoms with Crippen LogP contribution in [-0.2, 0) is 4.79 Å². The number of halogens is 1. The van der Waals surface area contributed by atoms with Gasteiger partial charge in [0.2, 0.25) is 0 Å². The fraction of sp³-hybridized carbons (Fsp3) is 0.500. The lowest BCUT2D eigenvalue weighted by Crippen LogP contribution is -2.28. The minimum absolute atomic E-state index is 0.133. The first-order chi connectivity index (χ1) is 9.56. The number of aliphatic carboxylic acids is 1. The zero-order chi connectivity index (χ0) is 16.2. The van der Waals surface area contributed by atoms with Gasteiger partial charge >= 0.3 is 5.97 Å². The van der Waals surface area contributed by atoms with Gasteiger partial charge in [-0.2, -0.15) is 0 Å². The van der Waals surface area contributed by atoms with E-state index in [9.17, 15) is 19.3 Å². The summed E-state index contributed by atoms with van der Waals surface area (Å²) in [4.78, 5) is 20.9. The van der Waals surface area contributed by atoms with E-state index in [0.717, 1.165) is 12.1 Å². The van der Waals surface area contributed by atoms with Gasteiger partial charge < -0.3 is 10.4 Å². The van der Waals surface area contributed by atoms with E-state index in [1.807, 2.05) is 20.8 Å². The predicted octanol–water partition coefficient (Wildman–Crippen LogP) is 3.43. The van der Waals surface area contributed by atoms with Crippen LogP contribution < -0.4 is 5.32 Å². The molecule has 0 aliphatic rings. The first kappa shape index (κ1) is 16.9. The van der Waals surface area contributed by atoms with E-state index in [2.05, 4.69) is 5.32 Å². The molecule has 0 spiro atoms. The number of nitro groups is 1. The van der Waals surface area contributed by atoms with E-state index in [0.29, 0.717) is 6.42 Å². The van der Waals surface area contributed by atoms with Crippen molar-refractivity contribution in [1.82, 2.24) is 0 Å². The highest BCUT2D eigenvalue weighted by Crippen LogP contribution is 2.26. The topological polar surface area (TPSA) is 92.5 Å². The number of hydrogen-bond acceptors (Lipinski definition) is 4. The van der Waals surface area contributed by atoms with Crippen molar-refractivity contribution in [2.75, 3.05) is 5.32 Å². The molecule has 1 aromatic carbocycles. The predicted molar refractivity (Wildman–Crippen MR) is 76.8 cm³/mol. The number of nitro benzene ring substituents is 1. The molecular formula is C14H19FN2O4. The molecule has 0 amide bonds. The van der Waals surface area contributed by atoms with E-state index < -0.39 is 22.8 Å². The number of nitrogens with one attached hydrogen (secondary N) is 1. The lowest BCUT2D eigenvalue weighted by molar-refractivity contribution is -0.385. The second kappa shape index (κ2) is 6.51. The number of carboxylic acids is 1. The van der Waals surface area contributed by atoms with Crippen molar-refractivity contribution in [2.24, 2.45) is 5.41 Å². The molecule has 0 fully saturated rings. The lowest BCUT2D eigenvalue weighted by Gasteiger charge is -2.26. The third kappa shape index (κ3) is 6.20. The third-order valence-electron chi connectivity index (χ3n) is 2.74. The van der Waals surface area contributed by atoms with Crippen molar-refractivity contribution >= 4 is 17.3 Å². The first-order valence-electron chi connectivity index (χ1n) is 6.50. The number of carbonyl (C=O) groups is 1. The Balaban J connectivity index is 2.97. The Hall–Kier alpha value is -2.18. The number of carboxylic acid groups (broad SMARTS) is 1. The normalized spacial score (nSPS) is 12.8. The smallest absolute Gasteiger partial charge is 0.305 e. The highest BCUT2D eigenvalue weighted by molar-refractivity contribution is 5.68. The standard InChI is InChI=1S/C14H19FN2O4/c1-14(2,3)8-11(7-13(18)19)16-10-4-9(15)5-12(6-10)17(20)21/h4-6,11,16H,7-8H2,1-3H3,(H,18,19). The largest absolute Gasteiger partial charge is 0.481 e. The van der Waals surface area contributed by atoms with Gasteiger partial charge in [-0.25, -0.2) is 4.39 Å². The first-order valence-corrected chi connectivity index (χ1v) is 6.50. The van der Waals surface area contributed by atoms with Crippen LogP contribution in [-0.4, -0.2) is 22.0 Å². The highest BCUT2D eigenvalue weighted by atomic mass is 19.1. The number of hydrogen-bond donors (Lipinski definition) is 2. The van der Waals surface area contributed by atoms with Gasteiger partial charge in [-0.15, -0.1) is 0 Å². The summed E-state index contributed by atoms with van der Waals surface area (Å²) in [7, 11) is 0. The van der Waals surface area contributed by atoms with E-state index in [1.54, 1.807) is 0 Å². The van der Waals surface area contributed by atoms with Crippen LogP contribution >= 0.6 is 0 Å². The molecule has 6 nitrogen and oxygen atoms in total. The Morgan fingerprint density at radius 2 is 2.05 bits per heavy atom. The summed E-state index contributed by atoms with van der Waals surface area (Å²) in [6.45, 7) is 5.87. The summed E-state index contributed by atoms with van der Waals surface area (Å²) < 4.78 is 13.4. The maximum absolute atomic E-state index is 13.4. The van der Waals surface area contributed by atoms with Gasteiger partial charge in [0.05, 0.1) is 17.4 Å². The fourth-order valence-electron chi connectivity index (χ4n) is 2.12. The molecule has 1 rings (SSSR count). The molecule has 0 saturated carbocycles. The molecule has 1 aromatic rings. The summed E-state index contributed by atoms with van der Waals surface area (Å²) in [5.41, 5.74) is -0.300. The van der Waals surface area contributed by atoms with Crippen molar-refractivity contribution < 1.29 is 19.2 Å². The van der Waals surface area contributed by atoms with Crippen LogP contribution in [0.2, 0.25) is 0 Å².